The molecule has 3 rings (SSSR count). The average molecular weight is 319 g/mol. The molecule has 0 saturated carbocycles. The molecule has 0 radical (unpaired) electrons. The SMILES string of the molecule is COc1ccccc1N1CCN(CC(=O)N2CCOCC2)C1=O. The molecule has 1 aromatic rings. The third kappa shape index (κ3) is 3.24. The summed E-state index contributed by atoms with van der Waals surface area (Å²) in [5.74, 6) is 0.630. The summed E-state index contributed by atoms with van der Waals surface area (Å²) in [6.45, 7) is 3.52. The zero-order chi connectivity index (χ0) is 16.2. The maximum Gasteiger partial charge on any atom is 0.325 e. The molecule has 0 spiro atoms. The Morgan fingerprint density at radius 1 is 1.17 bits per heavy atom. The minimum absolute atomic E-state index is 0.0245. The van der Waals surface area contributed by atoms with Gasteiger partial charge >= 0.3 is 6.03 Å². The summed E-state index contributed by atoms with van der Waals surface area (Å²) in [5.41, 5.74) is 0.737. The van der Waals surface area contributed by atoms with Gasteiger partial charge in [-0.25, -0.2) is 4.79 Å². The number of para-hydroxylation sites is 2. The zero-order valence-corrected chi connectivity index (χ0v) is 13.2. The van der Waals surface area contributed by atoms with Gasteiger partial charge in [0.15, 0.2) is 0 Å². The molecule has 0 bridgehead atoms. The van der Waals surface area contributed by atoms with Gasteiger partial charge in [0.1, 0.15) is 12.3 Å². The molecule has 0 aromatic heterocycles. The Balaban J connectivity index is 1.65. The second kappa shape index (κ2) is 6.87. The van der Waals surface area contributed by atoms with Gasteiger partial charge in [0.25, 0.3) is 0 Å². The Morgan fingerprint density at radius 2 is 1.91 bits per heavy atom. The lowest BCUT2D eigenvalue weighted by atomic mass is 10.2. The van der Waals surface area contributed by atoms with Crippen molar-refractivity contribution in [1.29, 1.82) is 0 Å². The van der Waals surface area contributed by atoms with Crippen LogP contribution in [0.1, 0.15) is 0 Å². The molecule has 2 heterocycles. The van der Waals surface area contributed by atoms with Crippen LogP contribution in [0, 0.1) is 0 Å². The molecule has 23 heavy (non-hydrogen) atoms. The third-order valence-corrected chi connectivity index (χ3v) is 4.16. The van der Waals surface area contributed by atoms with Crippen LogP contribution in [0.3, 0.4) is 0 Å². The van der Waals surface area contributed by atoms with E-state index in [4.69, 9.17) is 9.47 Å². The van der Waals surface area contributed by atoms with Crippen LogP contribution >= 0.6 is 0 Å². The number of amides is 3. The summed E-state index contributed by atoms with van der Waals surface area (Å²) < 4.78 is 10.6. The minimum atomic E-state index is -0.156. The maximum atomic E-state index is 12.6. The van der Waals surface area contributed by atoms with E-state index in [1.807, 2.05) is 24.3 Å². The number of hydrogen-bond donors (Lipinski definition) is 0. The molecule has 2 aliphatic rings. The van der Waals surface area contributed by atoms with E-state index >= 15 is 0 Å². The van der Waals surface area contributed by atoms with E-state index in [9.17, 15) is 9.59 Å². The topological polar surface area (TPSA) is 62.3 Å². The smallest absolute Gasteiger partial charge is 0.325 e. The van der Waals surface area contributed by atoms with Crippen molar-refractivity contribution in [2.45, 2.75) is 0 Å². The van der Waals surface area contributed by atoms with Crippen molar-refractivity contribution < 1.29 is 19.1 Å². The van der Waals surface area contributed by atoms with Gasteiger partial charge in [-0.1, -0.05) is 12.1 Å². The molecule has 0 aliphatic carbocycles. The number of nitrogens with zero attached hydrogens (tertiary/aromatic N) is 3. The molecular weight excluding hydrogens is 298 g/mol. The molecule has 2 aliphatic heterocycles. The van der Waals surface area contributed by atoms with Crippen LogP contribution in [-0.2, 0) is 9.53 Å². The van der Waals surface area contributed by atoms with Gasteiger partial charge in [-0.05, 0) is 12.1 Å². The number of urea groups is 1. The summed E-state index contributed by atoms with van der Waals surface area (Å²) in [6, 6.07) is 7.25. The van der Waals surface area contributed by atoms with Gasteiger partial charge in [-0.2, -0.15) is 0 Å². The zero-order valence-electron chi connectivity index (χ0n) is 13.2. The van der Waals surface area contributed by atoms with Crippen molar-refractivity contribution in [1.82, 2.24) is 9.80 Å². The van der Waals surface area contributed by atoms with E-state index in [-0.39, 0.29) is 18.5 Å². The van der Waals surface area contributed by atoms with Gasteiger partial charge in [0.05, 0.1) is 26.0 Å². The first kappa shape index (κ1) is 15.6. The molecular formula is C16H21N3O4. The van der Waals surface area contributed by atoms with Crippen molar-refractivity contribution >= 4 is 17.6 Å². The molecule has 3 amide bonds. The minimum Gasteiger partial charge on any atom is -0.495 e. The fraction of sp³-hybridized carbons (Fsp3) is 0.500. The number of ether oxygens (including phenoxy) is 2. The number of rotatable bonds is 4. The van der Waals surface area contributed by atoms with Crippen LogP contribution in [0.4, 0.5) is 10.5 Å². The number of morpholine rings is 1. The lowest BCUT2D eigenvalue weighted by Crippen LogP contribution is -2.46. The van der Waals surface area contributed by atoms with E-state index in [2.05, 4.69) is 0 Å². The number of carbonyl (C=O) groups is 2. The summed E-state index contributed by atoms with van der Waals surface area (Å²) >= 11 is 0. The van der Waals surface area contributed by atoms with Crippen LogP contribution < -0.4 is 9.64 Å². The van der Waals surface area contributed by atoms with Crippen molar-refractivity contribution in [2.24, 2.45) is 0 Å². The van der Waals surface area contributed by atoms with E-state index in [1.54, 1.807) is 21.8 Å². The van der Waals surface area contributed by atoms with E-state index < -0.39 is 0 Å². The Morgan fingerprint density at radius 3 is 2.65 bits per heavy atom. The highest BCUT2D eigenvalue weighted by atomic mass is 16.5. The van der Waals surface area contributed by atoms with Gasteiger partial charge < -0.3 is 19.3 Å². The van der Waals surface area contributed by atoms with Crippen LogP contribution in [0.2, 0.25) is 0 Å². The monoisotopic (exact) mass is 319 g/mol. The van der Waals surface area contributed by atoms with Crippen molar-refractivity contribution in [2.75, 3.05) is 57.9 Å². The third-order valence-electron chi connectivity index (χ3n) is 4.16. The Hall–Kier alpha value is -2.28. The number of methoxy groups -OCH3 is 1. The van der Waals surface area contributed by atoms with Crippen LogP contribution in [0.25, 0.3) is 0 Å². The molecule has 7 heteroatoms. The molecule has 124 valence electrons. The van der Waals surface area contributed by atoms with Crippen LogP contribution in [0.15, 0.2) is 24.3 Å². The van der Waals surface area contributed by atoms with Gasteiger partial charge in [-0.3, -0.25) is 9.69 Å². The van der Waals surface area contributed by atoms with Crippen LogP contribution in [-0.4, -0.2) is 74.8 Å². The maximum absolute atomic E-state index is 12.6. The first-order valence-electron chi connectivity index (χ1n) is 7.75. The molecule has 0 atom stereocenters. The Labute approximate surface area is 135 Å². The first-order chi connectivity index (χ1) is 11.2. The van der Waals surface area contributed by atoms with Gasteiger partial charge in [0, 0.05) is 26.2 Å². The normalized spacial score (nSPS) is 18.5. The summed E-state index contributed by atoms with van der Waals surface area (Å²) in [7, 11) is 1.58. The number of anilines is 1. The molecule has 2 fully saturated rings. The fourth-order valence-electron chi connectivity index (χ4n) is 2.88. The van der Waals surface area contributed by atoms with Crippen molar-refractivity contribution in [3.8, 4) is 5.75 Å². The Kier molecular flexibility index (Phi) is 4.66. The van der Waals surface area contributed by atoms with Gasteiger partial charge in [0.2, 0.25) is 5.91 Å². The average Bonchev–Trinajstić information content (AvgIpc) is 2.96. The molecule has 7 nitrogen and oxygen atoms in total. The van der Waals surface area contributed by atoms with E-state index in [0.29, 0.717) is 45.1 Å². The number of benzene rings is 1. The highest BCUT2D eigenvalue weighted by Crippen LogP contribution is 2.30. The van der Waals surface area contributed by atoms with Crippen molar-refractivity contribution in [3.05, 3.63) is 24.3 Å². The molecule has 2 saturated heterocycles. The predicted molar refractivity (Wildman–Crippen MR) is 84.7 cm³/mol. The molecule has 0 N–H and O–H groups in total. The second-order valence-corrected chi connectivity index (χ2v) is 5.52. The summed E-state index contributed by atoms with van der Waals surface area (Å²) in [6.07, 6.45) is 0. The van der Waals surface area contributed by atoms with Gasteiger partial charge in [-0.15, -0.1) is 0 Å². The van der Waals surface area contributed by atoms with Crippen LogP contribution in [0.5, 0.6) is 5.75 Å². The summed E-state index contributed by atoms with van der Waals surface area (Å²) in [4.78, 5) is 29.9. The number of carbonyl (C=O) groups excluding carboxylic acids is 2. The van der Waals surface area contributed by atoms with Crippen molar-refractivity contribution in [3.63, 3.8) is 0 Å². The quantitative estimate of drug-likeness (QED) is 0.823. The fourth-order valence-corrected chi connectivity index (χ4v) is 2.88. The first-order valence-corrected chi connectivity index (χ1v) is 7.75. The predicted octanol–water partition coefficient (Wildman–Crippen LogP) is 0.796. The standard InChI is InChI=1S/C16H21N3O4/c1-22-14-5-3-2-4-13(14)19-7-6-18(16(19)21)12-15(20)17-8-10-23-11-9-17/h2-5H,6-12H2,1H3. The Bertz CT molecular complexity index is 586. The number of hydrogen-bond acceptors (Lipinski definition) is 4. The summed E-state index contributed by atoms with van der Waals surface area (Å²) in [5, 5.41) is 0. The molecule has 1 aromatic carbocycles. The van der Waals surface area contributed by atoms with E-state index in [1.165, 1.54) is 0 Å². The lowest BCUT2D eigenvalue weighted by Gasteiger charge is -2.28. The van der Waals surface area contributed by atoms with E-state index in [0.717, 1.165) is 5.69 Å². The largest absolute Gasteiger partial charge is 0.495 e. The lowest BCUT2D eigenvalue weighted by molar-refractivity contribution is -0.135. The highest BCUT2D eigenvalue weighted by Gasteiger charge is 2.33. The molecule has 0 unspecified atom stereocenters. The highest BCUT2D eigenvalue weighted by molar-refractivity contribution is 5.97. The second-order valence-electron chi connectivity index (χ2n) is 5.52.